The number of alkyl halides is 2. The van der Waals surface area contributed by atoms with Crippen LogP contribution < -0.4 is 4.74 Å². The number of carbonyl (C=O) groups excluding carboxylic acids is 2. The molecule has 8 heteroatoms. The zero-order valence-corrected chi connectivity index (χ0v) is 15.7. The Morgan fingerprint density at radius 3 is 2.26 bits per heavy atom. The highest BCUT2D eigenvalue weighted by Crippen LogP contribution is 2.22. The summed E-state index contributed by atoms with van der Waals surface area (Å²) < 4.78 is 39.1. The molecule has 0 N–H and O–H groups in total. The van der Waals surface area contributed by atoms with E-state index in [0.29, 0.717) is 31.5 Å². The molecule has 0 aromatic heterocycles. The first-order valence-electron chi connectivity index (χ1n) is 8.82. The number of ether oxygens (including phenoxy) is 3. The van der Waals surface area contributed by atoms with Gasteiger partial charge in [-0.3, -0.25) is 4.79 Å². The van der Waals surface area contributed by atoms with Crippen molar-refractivity contribution in [2.45, 2.75) is 52.4 Å². The Balaban J connectivity index is 1.75. The van der Waals surface area contributed by atoms with Gasteiger partial charge in [0.05, 0.1) is 5.92 Å². The number of nitrogens with zero attached hydrogens (tertiary/aromatic N) is 1. The third-order valence-corrected chi connectivity index (χ3v) is 4.01. The molecule has 1 aromatic rings. The first-order chi connectivity index (χ1) is 12.6. The van der Waals surface area contributed by atoms with Crippen LogP contribution in [0.3, 0.4) is 0 Å². The minimum Gasteiger partial charge on any atom is -0.461 e. The fourth-order valence-corrected chi connectivity index (χ4v) is 2.66. The first-order valence-corrected chi connectivity index (χ1v) is 8.82. The van der Waals surface area contributed by atoms with Gasteiger partial charge >= 0.3 is 18.7 Å². The molecule has 0 bridgehead atoms. The van der Waals surface area contributed by atoms with Crippen molar-refractivity contribution >= 4 is 12.1 Å². The molecule has 6 nitrogen and oxygen atoms in total. The average molecular weight is 385 g/mol. The number of carbonyl (C=O) groups is 2. The lowest BCUT2D eigenvalue weighted by Gasteiger charge is -2.32. The van der Waals surface area contributed by atoms with E-state index in [1.165, 1.54) is 12.1 Å². The second kappa shape index (κ2) is 9.01. The van der Waals surface area contributed by atoms with Crippen LogP contribution in [0.4, 0.5) is 13.6 Å². The lowest BCUT2D eigenvalue weighted by Crippen LogP contribution is -2.43. The molecule has 0 radical (unpaired) electrons. The van der Waals surface area contributed by atoms with Gasteiger partial charge in [-0.2, -0.15) is 8.78 Å². The SMILES string of the molecule is CC(C)(C)OC(=O)N1CCC(C(=O)OCc2ccc(OC(F)F)cc2)CC1. The fraction of sp³-hybridized carbons (Fsp3) is 0.579. The summed E-state index contributed by atoms with van der Waals surface area (Å²) in [5.74, 6) is -0.550. The molecule has 1 heterocycles. The molecule has 1 amide bonds. The predicted octanol–water partition coefficient (Wildman–Crippen LogP) is 3.98. The quantitative estimate of drug-likeness (QED) is 0.718. The van der Waals surface area contributed by atoms with Crippen molar-refractivity contribution in [2.75, 3.05) is 13.1 Å². The van der Waals surface area contributed by atoms with Crippen LogP contribution in [0, 0.1) is 5.92 Å². The zero-order chi connectivity index (χ0) is 20.0. The Hall–Kier alpha value is -2.38. The minimum atomic E-state index is -2.87. The molecular formula is C19H25F2NO5. The Morgan fingerprint density at radius 2 is 1.74 bits per heavy atom. The van der Waals surface area contributed by atoms with Crippen molar-refractivity contribution in [1.82, 2.24) is 4.90 Å². The number of esters is 1. The molecule has 1 aliphatic heterocycles. The van der Waals surface area contributed by atoms with Crippen LogP contribution in [-0.4, -0.2) is 42.3 Å². The van der Waals surface area contributed by atoms with Crippen molar-refractivity contribution in [1.29, 1.82) is 0 Å². The Bertz CT molecular complexity index is 634. The largest absolute Gasteiger partial charge is 0.461 e. The lowest BCUT2D eigenvalue weighted by atomic mass is 9.97. The molecule has 1 aromatic carbocycles. The molecule has 1 fully saturated rings. The molecule has 27 heavy (non-hydrogen) atoms. The van der Waals surface area contributed by atoms with Crippen LogP contribution in [0.15, 0.2) is 24.3 Å². The van der Waals surface area contributed by atoms with Gasteiger partial charge in [0.2, 0.25) is 0 Å². The van der Waals surface area contributed by atoms with Crippen molar-refractivity contribution in [3.8, 4) is 5.75 Å². The van der Waals surface area contributed by atoms with Gasteiger partial charge in [0.15, 0.2) is 0 Å². The molecule has 0 saturated carbocycles. The van der Waals surface area contributed by atoms with E-state index in [9.17, 15) is 18.4 Å². The van der Waals surface area contributed by atoms with Crippen LogP contribution in [0.5, 0.6) is 5.75 Å². The van der Waals surface area contributed by atoms with E-state index >= 15 is 0 Å². The lowest BCUT2D eigenvalue weighted by molar-refractivity contribution is -0.151. The number of likely N-dealkylation sites (tertiary alicyclic amines) is 1. The average Bonchev–Trinajstić information content (AvgIpc) is 2.59. The maximum Gasteiger partial charge on any atom is 0.410 e. The van der Waals surface area contributed by atoms with E-state index in [4.69, 9.17) is 9.47 Å². The minimum absolute atomic E-state index is 0.0505. The van der Waals surface area contributed by atoms with E-state index < -0.39 is 12.2 Å². The second-order valence-corrected chi connectivity index (χ2v) is 7.37. The van der Waals surface area contributed by atoms with Gasteiger partial charge in [0.25, 0.3) is 0 Å². The van der Waals surface area contributed by atoms with Crippen LogP contribution >= 0.6 is 0 Å². The second-order valence-electron chi connectivity index (χ2n) is 7.37. The van der Waals surface area contributed by atoms with Gasteiger partial charge in [-0.1, -0.05) is 12.1 Å². The highest BCUT2D eigenvalue weighted by molar-refractivity contribution is 5.73. The Morgan fingerprint density at radius 1 is 1.15 bits per heavy atom. The summed E-state index contributed by atoms with van der Waals surface area (Å²) in [6.45, 7) is 3.48. The van der Waals surface area contributed by atoms with Crippen LogP contribution in [0.2, 0.25) is 0 Å². The standard InChI is InChI=1S/C19H25F2NO5/c1-19(2,3)27-18(24)22-10-8-14(9-11-22)16(23)25-12-13-4-6-15(7-5-13)26-17(20)21/h4-7,14,17H,8-12H2,1-3H3. The summed E-state index contributed by atoms with van der Waals surface area (Å²) in [5.41, 5.74) is 0.124. The van der Waals surface area contributed by atoms with Crippen molar-refractivity contribution in [3.63, 3.8) is 0 Å². The topological polar surface area (TPSA) is 65.1 Å². The molecule has 1 saturated heterocycles. The van der Waals surface area contributed by atoms with E-state index in [1.807, 2.05) is 0 Å². The molecule has 1 aliphatic rings. The number of rotatable bonds is 5. The number of amides is 1. The highest BCUT2D eigenvalue weighted by Gasteiger charge is 2.30. The summed E-state index contributed by atoms with van der Waals surface area (Å²) >= 11 is 0. The predicted molar refractivity (Wildman–Crippen MR) is 93.4 cm³/mol. The van der Waals surface area contributed by atoms with Crippen LogP contribution in [-0.2, 0) is 20.9 Å². The monoisotopic (exact) mass is 385 g/mol. The molecule has 2 rings (SSSR count). The molecular weight excluding hydrogens is 360 g/mol. The zero-order valence-electron chi connectivity index (χ0n) is 15.7. The third-order valence-electron chi connectivity index (χ3n) is 4.01. The van der Waals surface area contributed by atoms with E-state index in [1.54, 1.807) is 37.8 Å². The van der Waals surface area contributed by atoms with Gasteiger partial charge in [-0.15, -0.1) is 0 Å². The van der Waals surface area contributed by atoms with Gasteiger partial charge in [-0.25, -0.2) is 4.79 Å². The van der Waals surface area contributed by atoms with E-state index in [0.717, 1.165) is 0 Å². The number of halogens is 2. The Kier molecular flexibility index (Phi) is 6.98. The molecule has 0 aliphatic carbocycles. The summed E-state index contributed by atoms with van der Waals surface area (Å²) in [4.78, 5) is 25.8. The summed E-state index contributed by atoms with van der Waals surface area (Å²) in [6, 6.07) is 5.93. The van der Waals surface area contributed by atoms with Gasteiger partial charge in [-0.05, 0) is 51.3 Å². The number of hydrogen-bond acceptors (Lipinski definition) is 5. The third kappa shape index (κ3) is 7.03. The summed E-state index contributed by atoms with van der Waals surface area (Å²) in [5, 5.41) is 0. The van der Waals surface area contributed by atoms with Crippen LogP contribution in [0.25, 0.3) is 0 Å². The highest BCUT2D eigenvalue weighted by atomic mass is 19.3. The fourth-order valence-electron chi connectivity index (χ4n) is 2.66. The molecule has 0 spiro atoms. The maximum absolute atomic E-state index is 12.2. The number of piperidine rings is 1. The maximum atomic E-state index is 12.2. The molecule has 0 atom stereocenters. The number of benzene rings is 1. The van der Waals surface area contributed by atoms with Gasteiger partial charge in [0.1, 0.15) is 18.0 Å². The molecule has 150 valence electrons. The normalized spacial score (nSPS) is 15.6. The van der Waals surface area contributed by atoms with Crippen LogP contribution in [0.1, 0.15) is 39.2 Å². The summed E-state index contributed by atoms with van der Waals surface area (Å²) in [6.07, 6.45) is 0.652. The van der Waals surface area contributed by atoms with Crippen molar-refractivity contribution < 1.29 is 32.6 Å². The first kappa shape index (κ1) is 20.9. The molecule has 0 unspecified atom stereocenters. The van der Waals surface area contributed by atoms with Crippen molar-refractivity contribution in [2.24, 2.45) is 5.92 Å². The number of hydrogen-bond donors (Lipinski definition) is 0. The van der Waals surface area contributed by atoms with Gasteiger partial charge < -0.3 is 19.1 Å². The van der Waals surface area contributed by atoms with E-state index in [2.05, 4.69) is 4.74 Å². The Labute approximate surface area is 157 Å². The summed E-state index contributed by atoms with van der Waals surface area (Å²) in [7, 11) is 0. The van der Waals surface area contributed by atoms with Gasteiger partial charge in [0, 0.05) is 13.1 Å². The van der Waals surface area contributed by atoms with E-state index in [-0.39, 0.29) is 30.3 Å². The smallest absolute Gasteiger partial charge is 0.410 e. The van der Waals surface area contributed by atoms with Crippen molar-refractivity contribution in [3.05, 3.63) is 29.8 Å².